The van der Waals surface area contributed by atoms with Crippen LogP contribution in [-0.2, 0) is 17.7 Å². The van der Waals surface area contributed by atoms with E-state index in [9.17, 15) is 4.79 Å². The molecule has 1 amide bonds. The Morgan fingerprint density at radius 1 is 0.967 bits per heavy atom. The molecule has 30 heavy (non-hydrogen) atoms. The number of nitrogens with zero attached hydrogens (tertiary/aromatic N) is 1. The molecule has 154 valence electrons. The molecule has 0 radical (unpaired) electrons. The molecule has 4 nitrogen and oxygen atoms in total. The number of anilines is 1. The lowest BCUT2D eigenvalue weighted by molar-refractivity contribution is 0.178. The van der Waals surface area contributed by atoms with Gasteiger partial charge < -0.3 is 9.47 Å². The van der Waals surface area contributed by atoms with Crippen LogP contribution in [0.3, 0.4) is 0 Å². The molecule has 0 N–H and O–H groups in total. The van der Waals surface area contributed by atoms with Crippen LogP contribution in [-0.4, -0.2) is 20.3 Å². The molecule has 0 aromatic heterocycles. The van der Waals surface area contributed by atoms with Gasteiger partial charge >= 0.3 is 6.09 Å². The summed E-state index contributed by atoms with van der Waals surface area (Å²) in [7, 11) is 3.09. The molecular weight excluding hydrogens is 374 g/mol. The van der Waals surface area contributed by atoms with Crippen molar-refractivity contribution in [3.8, 4) is 28.0 Å². The van der Waals surface area contributed by atoms with Crippen molar-refractivity contribution in [3.05, 3.63) is 70.8 Å². The standard InChI is InChI=1S/C26H27NO3/c1-6-21-17(3)25-24(14-23(21)18-9-7-16(2)8-10-18)22-12-11-20(29-4)13-19(22)15-27(25)26(28)30-5/h7-14H,6,15H2,1-5H3. The van der Waals surface area contributed by atoms with Crippen LogP contribution >= 0.6 is 0 Å². The first-order chi connectivity index (χ1) is 14.5. The van der Waals surface area contributed by atoms with Gasteiger partial charge in [-0.1, -0.05) is 42.8 Å². The monoisotopic (exact) mass is 401 g/mol. The molecular formula is C26H27NO3. The minimum atomic E-state index is -0.349. The van der Waals surface area contributed by atoms with E-state index in [0.717, 1.165) is 40.1 Å². The van der Waals surface area contributed by atoms with E-state index in [0.29, 0.717) is 6.54 Å². The zero-order valence-electron chi connectivity index (χ0n) is 18.2. The predicted octanol–water partition coefficient (Wildman–Crippen LogP) is 6.29. The Morgan fingerprint density at radius 2 is 1.70 bits per heavy atom. The molecule has 1 heterocycles. The number of ether oxygens (including phenoxy) is 2. The van der Waals surface area contributed by atoms with Gasteiger partial charge in [-0.25, -0.2) is 4.79 Å². The molecule has 0 aliphatic carbocycles. The van der Waals surface area contributed by atoms with Crippen LogP contribution in [0.15, 0.2) is 48.5 Å². The molecule has 4 rings (SSSR count). The quantitative estimate of drug-likeness (QED) is 0.517. The Bertz CT molecular complexity index is 1120. The highest BCUT2D eigenvalue weighted by Gasteiger charge is 2.31. The second-order valence-electron chi connectivity index (χ2n) is 7.72. The molecule has 0 spiro atoms. The molecule has 3 aromatic carbocycles. The smallest absolute Gasteiger partial charge is 0.414 e. The van der Waals surface area contributed by atoms with Crippen LogP contribution in [0.1, 0.15) is 29.2 Å². The maximum absolute atomic E-state index is 12.7. The number of fused-ring (bicyclic) bond motifs is 3. The van der Waals surface area contributed by atoms with E-state index < -0.39 is 0 Å². The van der Waals surface area contributed by atoms with Crippen molar-refractivity contribution in [2.75, 3.05) is 19.1 Å². The van der Waals surface area contributed by atoms with Gasteiger partial charge in [0.15, 0.2) is 0 Å². The van der Waals surface area contributed by atoms with E-state index in [1.54, 1.807) is 12.0 Å². The maximum atomic E-state index is 12.7. The number of aryl methyl sites for hydroxylation is 1. The molecule has 0 saturated carbocycles. The van der Waals surface area contributed by atoms with E-state index >= 15 is 0 Å². The van der Waals surface area contributed by atoms with Crippen LogP contribution in [0.2, 0.25) is 0 Å². The molecule has 0 saturated heterocycles. The highest BCUT2D eigenvalue weighted by atomic mass is 16.5. The summed E-state index contributed by atoms with van der Waals surface area (Å²) in [5.74, 6) is 0.780. The van der Waals surface area contributed by atoms with Crippen molar-refractivity contribution >= 4 is 11.8 Å². The first kappa shape index (κ1) is 20.0. The van der Waals surface area contributed by atoms with Gasteiger partial charge in [0.25, 0.3) is 0 Å². The third-order valence-electron chi connectivity index (χ3n) is 5.99. The molecule has 4 heteroatoms. The van der Waals surface area contributed by atoms with Crippen molar-refractivity contribution in [1.82, 2.24) is 0 Å². The van der Waals surface area contributed by atoms with Gasteiger partial charge in [-0.3, -0.25) is 4.90 Å². The van der Waals surface area contributed by atoms with E-state index in [1.165, 1.54) is 29.4 Å². The zero-order chi connectivity index (χ0) is 21.4. The van der Waals surface area contributed by atoms with Crippen LogP contribution in [0.4, 0.5) is 10.5 Å². The van der Waals surface area contributed by atoms with E-state index in [4.69, 9.17) is 9.47 Å². The summed E-state index contributed by atoms with van der Waals surface area (Å²) < 4.78 is 10.6. The summed E-state index contributed by atoms with van der Waals surface area (Å²) in [4.78, 5) is 14.5. The number of hydrogen-bond donors (Lipinski definition) is 0. The average molecular weight is 402 g/mol. The van der Waals surface area contributed by atoms with Gasteiger partial charge in [-0.05, 0) is 71.8 Å². The predicted molar refractivity (Wildman–Crippen MR) is 121 cm³/mol. The molecule has 0 unspecified atom stereocenters. The first-order valence-corrected chi connectivity index (χ1v) is 10.2. The van der Waals surface area contributed by atoms with Crippen LogP contribution in [0, 0.1) is 13.8 Å². The molecule has 0 atom stereocenters. The second-order valence-corrected chi connectivity index (χ2v) is 7.72. The van der Waals surface area contributed by atoms with Crippen molar-refractivity contribution in [2.45, 2.75) is 33.7 Å². The number of carbonyl (C=O) groups excluding carboxylic acids is 1. The fourth-order valence-corrected chi connectivity index (χ4v) is 4.45. The Morgan fingerprint density at radius 3 is 2.33 bits per heavy atom. The minimum absolute atomic E-state index is 0.349. The third-order valence-corrected chi connectivity index (χ3v) is 5.99. The first-order valence-electron chi connectivity index (χ1n) is 10.2. The van der Waals surface area contributed by atoms with Crippen LogP contribution in [0.5, 0.6) is 5.75 Å². The van der Waals surface area contributed by atoms with Gasteiger partial charge in [0.2, 0.25) is 0 Å². The molecule has 0 fully saturated rings. The van der Waals surface area contributed by atoms with Gasteiger partial charge in [0, 0.05) is 5.56 Å². The highest BCUT2D eigenvalue weighted by Crippen LogP contribution is 2.46. The minimum Gasteiger partial charge on any atom is -0.497 e. The van der Waals surface area contributed by atoms with Gasteiger partial charge in [0.05, 0.1) is 26.5 Å². The topological polar surface area (TPSA) is 38.8 Å². The van der Waals surface area contributed by atoms with E-state index in [2.05, 4.69) is 57.2 Å². The van der Waals surface area contributed by atoms with Crippen molar-refractivity contribution in [2.24, 2.45) is 0 Å². The number of benzene rings is 3. The largest absolute Gasteiger partial charge is 0.497 e. The SMILES string of the molecule is CCc1c(-c2ccc(C)cc2)cc2c(c1C)N(C(=O)OC)Cc1cc(OC)ccc1-2. The molecule has 1 aliphatic heterocycles. The Hall–Kier alpha value is -3.27. The maximum Gasteiger partial charge on any atom is 0.414 e. The molecule has 3 aromatic rings. The number of rotatable bonds is 3. The average Bonchev–Trinajstić information content (AvgIpc) is 2.77. The normalized spacial score (nSPS) is 12.2. The second kappa shape index (κ2) is 7.86. The van der Waals surface area contributed by atoms with E-state index in [1.807, 2.05) is 12.1 Å². The summed E-state index contributed by atoms with van der Waals surface area (Å²) in [6.45, 7) is 6.83. The van der Waals surface area contributed by atoms with Crippen molar-refractivity contribution in [3.63, 3.8) is 0 Å². The van der Waals surface area contributed by atoms with Gasteiger partial charge in [-0.2, -0.15) is 0 Å². The van der Waals surface area contributed by atoms with Crippen LogP contribution in [0.25, 0.3) is 22.3 Å². The van der Waals surface area contributed by atoms with Gasteiger partial charge in [0.1, 0.15) is 5.75 Å². The Balaban J connectivity index is 2.02. The summed E-state index contributed by atoms with van der Waals surface area (Å²) >= 11 is 0. The highest BCUT2D eigenvalue weighted by molar-refractivity contribution is 6.00. The van der Waals surface area contributed by atoms with Crippen LogP contribution < -0.4 is 9.64 Å². The van der Waals surface area contributed by atoms with Crippen molar-refractivity contribution in [1.29, 1.82) is 0 Å². The number of hydrogen-bond acceptors (Lipinski definition) is 3. The number of methoxy groups -OCH3 is 2. The van der Waals surface area contributed by atoms with Gasteiger partial charge in [-0.15, -0.1) is 0 Å². The fraction of sp³-hybridized carbons (Fsp3) is 0.269. The summed E-state index contributed by atoms with van der Waals surface area (Å²) in [6, 6.07) is 16.9. The summed E-state index contributed by atoms with van der Waals surface area (Å²) in [6.07, 6.45) is 0.533. The summed E-state index contributed by atoms with van der Waals surface area (Å²) in [5.41, 5.74) is 10.2. The van der Waals surface area contributed by atoms with Crippen molar-refractivity contribution < 1.29 is 14.3 Å². The number of amides is 1. The lowest BCUT2D eigenvalue weighted by Crippen LogP contribution is -2.34. The lowest BCUT2D eigenvalue weighted by Gasteiger charge is -2.33. The Kier molecular flexibility index (Phi) is 5.25. The lowest BCUT2D eigenvalue weighted by atomic mass is 9.84. The number of carbonyl (C=O) groups is 1. The van der Waals surface area contributed by atoms with E-state index in [-0.39, 0.29) is 6.09 Å². The molecule has 0 bridgehead atoms. The summed E-state index contributed by atoms with van der Waals surface area (Å²) in [5, 5.41) is 0. The fourth-order valence-electron chi connectivity index (χ4n) is 4.45. The third kappa shape index (κ3) is 3.22. The zero-order valence-corrected chi connectivity index (χ0v) is 18.2. The Labute approximate surface area is 178 Å². The molecule has 1 aliphatic rings.